The molecule has 1 aliphatic rings. The predicted molar refractivity (Wildman–Crippen MR) is 87.5 cm³/mol. The summed E-state index contributed by atoms with van der Waals surface area (Å²) in [6, 6.07) is 3.89. The molecule has 0 heterocycles. The van der Waals surface area contributed by atoms with E-state index in [0.717, 1.165) is 22.3 Å². The Balaban J connectivity index is 2.53. The van der Waals surface area contributed by atoms with Gasteiger partial charge in [-0.05, 0) is 61.9 Å². The number of hydrogen-bond donors (Lipinski definition) is 1. The molecule has 0 atom stereocenters. The summed E-state index contributed by atoms with van der Waals surface area (Å²) in [6.07, 6.45) is 8.72. The molecule has 0 aliphatic heterocycles. The second-order valence-corrected chi connectivity index (χ2v) is 6.79. The van der Waals surface area contributed by atoms with Crippen molar-refractivity contribution in [2.24, 2.45) is 0 Å². The lowest BCUT2D eigenvalue weighted by Gasteiger charge is -2.18. The Labute approximate surface area is 126 Å². The molecule has 4 heteroatoms. The highest BCUT2D eigenvalue weighted by Gasteiger charge is 2.21. The topological polar surface area (TPSA) is 54.4 Å². The molecule has 1 aliphatic carbocycles. The number of allylic oxidation sites excluding steroid dienone is 4. The van der Waals surface area contributed by atoms with E-state index in [1.165, 1.54) is 5.57 Å². The first-order valence-corrected chi connectivity index (χ1v) is 8.38. The monoisotopic (exact) mass is 304 g/mol. The van der Waals surface area contributed by atoms with E-state index in [4.69, 9.17) is 0 Å². The van der Waals surface area contributed by atoms with Gasteiger partial charge in [0.15, 0.2) is 0 Å². The van der Waals surface area contributed by atoms with E-state index < -0.39 is 10.1 Å². The molecule has 3 nitrogen and oxygen atoms in total. The van der Waals surface area contributed by atoms with Crippen molar-refractivity contribution < 1.29 is 13.0 Å². The summed E-state index contributed by atoms with van der Waals surface area (Å²) in [7, 11) is -4.09. The molecule has 0 saturated carbocycles. The second-order valence-electron chi connectivity index (χ2n) is 5.32. The quantitative estimate of drug-likeness (QED) is 0.674. The number of benzene rings is 1. The number of fused-ring (bicyclic) bond motifs is 1. The fraction of sp³-hybridized carbons (Fsp3) is 0.294. The normalized spacial score (nSPS) is 16.0. The van der Waals surface area contributed by atoms with E-state index in [1.54, 1.807) is 6.08 Å². The van der Waals surface area contributed by atoms with Gasteiger partial charge in [-0.15, -0.1) is 0 Å². The van der Waals surface area contributed by atoms with Crippen LogP contribution in [0.4, 0.5) is 0 Å². The molecule has 21 heavy (non-hydrogen) atoms. The minimum atomic E-state index is -4.09. The van der Waals surface area contributed by atoms with Crippen molar-refractivity contribution in [1.82, 2.24) is 0 Å². The third kappa shape index (κ3) is 3.52. The van der Waals surface area contributed by atoms with Gasteiger partial charge < -0.3 is 0 Å². The van der Waals surface area contributed by atoms with Gasteiger partial charge in [0.1, 0.15) is 0 Å². The van der Waals surface area contributed by atoms with E-state index >= 15 is 0 Å². The molecule has 112 valence electrons. The minimum absolute atomic E-state index is 0.0958. The van der Waals surface area contributed by atoms with E-state index in [0.29, 0.717) is 12.8 Å². The Morgan fingerprint density at radius 1 is 1.29 bits per heavy atom. The number of rotatable bonds is 3. The molecule has 2 rings (SSSR count). The molecule has 0 spiro atoms. The molecule has 1 aromatic carbocycles. The molecular formula is C17H20O3S. The van der Waals surface area contributed by atoms with Gasteiger partial charge in [-0.1, -0.05) is 35.9 Å². The van der Waals surface area contributed by atoms with Crippen molar-refractivity contribution >= 4 is 22.3 Å². The second kappa shape index (κ2) is 6.00. The Hall–Kier alpha value is -1.65. The summed E-state index contributed by atoms with van der Waals surface area (Å²) in [5.74, 6) is 0. The summed E-state index contributed by atoms with van der Waals surface area (Å²) in [5, 5.41) is 0. The van der Waals surface area contributed by atoms with E-state index in [1.807, 2.05) is 39.0 Å². The maximum atomic E-state index is 11.3. The summed E-state index contributed by atoms with van der Waals surface area (Å²) >= 11 is 0. The highest BCUT2D eigenvalue weighted by atomic mass is 32.2. The lowest BCUT2D eigenvalue weighted by atomic mass is 9.89. The van der Waals surface area contributed by atoms with Crippen LogP contribution in [0.15, 0.2) is 34.8 Å². The Bertz CT molecular complexity index is 750. The van der Waals surface area contributed by atoms with E-state index in [-0.39, 0.29) is 4.91 Å². The first kappa shape index (κ1) is 15.7. The molecular weight excluding hydrogens is 284 g/mol. The van der Waals surface area contributed by atoms with E-state index in [9.17, 15) is 13.0 Å². The SMILES string of the molecule is CC=C(C)/C=C\c1c(C)ccc2c1CCC(S(=O)(=O)O)=C2. The molecule has 1 N–H and O–H groups in total. The molecule has 0 fully saturated rings. The van der Waals surface area contributed by atoms with Crippen molar-refractivity contribution in [3.8, 4) is 0 Å². The zero-order valence-corrected chi connectivity index (χ0v) is 13.4. The maximum absolute atomic E-state index is 11.3. The van der Waals surface area contributed by atoms with Crippen molar-refractivity contribution in [2.45, 2.75) is 33.6 Å². The zero-order valence-electron chi connectivity index (χ0n) is 12.6. The van der Waals surface area contributed by atoms with Gasteiger partial charge in [0.25, 0.3) is 10.1 Å². The van der Waals surface area contributed by atoms with Gasteiger partial charge in [0.2, 0.25) is 0 Å². The Morgan fingerprint density at radius 3 is 2.62 bits per heavy atom. The van der Waals surface area contributed by atoms with Crippen LogP contribution in [0.2, 0.25) is 0 Å². The van der Waals surface area contributed by atoms with Crippen LogP contribution in [-0.2, 0) is 16.5 Å². The largest absolute Gasteiger partial charge is 0.290 e. The highest BCUT2D eigenvalue weighted by molar-refractivity contribution is 7.90. The fourth-order valence-electron chi connectivity index (χ4n) is 2.45. The maximum Gasteiger partial charge on any atom is 0.290 e. The lowest BCUT2D eigenvalue weighted by molar-refractivity contribution is 0.489. The molecule has 0 bridgehead atoms. The average molecular weight is 304 g/mol. The number of aryl methyl sites for hydroxylation is 1. The molecule has 0 aromatic heterocycles. The van der Waals surface area contributed by atoms with Gasteiger partial charge in [0, 0.05) is 0 Å². The first-order valence-electron chi connectivity index (χ1n) is 6.94. The van der Waals surface area contributed by atoms with Crippen molar-refractivity contribution in [1.29, 1.82) is 0 Å². The summed E-state index contributed by atoms with van der Waals surface area (Å²) in [5.41, 5.74) is 5.49. The van der Waals surface area contributed by atoms with Crippen LogP contribution in [0.3, 0.4) is 0 Å². The fourth-order valence-corrected chi connectivity index (χ4v) is 3.09. The summed E-state index contributed by atoms with van der Waals surface area (Å²) in [6.45, 7) is 6.08. The van der Waals surface area contributed by atoms with Gasteiger partial charge in [-0.2, -0.15) is 8.42 Å². The van der Waals surface area contributed by atoms with Crippen LogP contribution in [0.25, 0.3) is 12.2 Å². The first-order chi connectivity index (χ1) is 9.82. The Kier molecular flexibility index (Phi) is 4.49. The highest BCUT2D eigenvalue weighted by Crippen LogP contribution is 2.31. The van der Waals surface area contributed by atoms with Gasteiger partial charge >= 0.3 is 0 Å². The molecule has 0 unspecified atom stereocenters. The smallest absolute Gasteiger partial charge is 0.282 e. The number of hydrogen-bond acceptors (Lipinski definition) is 2. The van der Waals surface area contributed by atoms with Crippen LogP contribution in [-0.4, -0.2) is 13.0 Å². The van der Waals surface area contributed by atoms with Crippen molar-refractivity contribution in [3.63, 3.8) is 0 Å². The van der Waals surface area contributed by atoms with Gasteiger partial charge in [0.05, 0.1) is 4.91 Å². The van der Waals surface area contributed by atoms with Crippen LogP contribution in [0, 0.1) is 6.92 Å². The molecule has 0 radical (unpaired) electrons. The van der Waals surface area contributed by atoms with Crippen LogP contribution >= 0.6 is 0 Å². The van der Waals surface area contributed by atoms with Crippen LogP contribution < -0.4 is 0 Å². The minimum Gasteiger partial charge on any atom is -0.282 e. The van der Waals surface area contributed by atoms with Gasteiger partial charge in [-0.3, -0.25) is 4.55 Å². The molecule has 0 saturated heterocycles. The molecule has 1 aromatic rings. The molecule has 0 amide bonds. The Morgan fingerprint density at radius 2 is 2.00 bits per heavy atom. The van der Waals surface area contributed by atoms with Crippen LogP contribution in [0.1, 0.15) is 42.5 Å². The lowest BCUT2D eigenvalue weighted by Crippen LogP contribution is -2.09. The summed E-state index contributed by atoms with van der Waals surface area (Å²) in [4.78, 5) is 0.0958. The standard InChI is InChI=1S/C17H20O3S/c1-4-12(2)5-9-16-13(3)6-7-14-11-15(21(18,19)20)8-10-17(14)16/h4-7,9,11H,8,10H2,1-3H3,(H,18,19,20)/b9-5-,12-4?. The third-order valence-electron chi connectivity index (χ3n) is 3.85. The van der Waals surface area contributed by atoms with Crippen molar-refractivity contribution in [3.05, 3.63) is 57.0 Å². The average Bonchev–Trinajstić information content (AvgIpc) is 2.44. The summed E-state index contributed by atoms with van der Waals surface area (Å²) < 4.78 is 31.7. The van der Waals surface area contributed by atoms with Crippen molar-refractivity contribution in [2.75, 3.05) is 0 Å². The zero-order chi connectivity index (χ0) is 15.6. The van der Waals surface area contributed by atoms with Crippen LogP contribution in [0.5, 0.6) is 0 Å². The third-order valence-corrected chi connectivity index (χ3v) is 4.83. The predicted octanol–water partition coefficient (Wildman–Crippen LogP) is 4.15. The van der Waals surface area contributed by atoms with Gasteiger partial charge in [-0.25, -0.2) is 0 Å². The van der Waals surface area contributed by atoms with E-state index in [2.05, 4.69) is 12.2 Å².